The fourth-order valence-corrected chi connectivity index (χ4v) is 2.47. The molecule has 0 bridgehead atoms. The number of carbonyl (C=O) groups is 1. The Bertz CT molecular complexity index is 859. The maximum Gasteiger partial charge on any atom is 0.250 e. The molecule has 122 valence electrons. The minimum Gasteiger partial charge on any atom is -0.324 e. The van der Waals surface area contributed by atoms with E-state index < -0.39 is 6.04 Å². The van der Waals surface area contributed by atoms with Crippen LogP contribution >= 0.6 is 15.9 Å². The minimum atomic E-state index is -0.570. The molecule has 24 heavy (non-hydrogen) atoms. The lowest BCUT2D eigenvalue weighted by molar-refractivity contribution is -0.119. The molecule has 0 fully saturated rings. The second-order valence-corrected chi connectivity index (χ2v) is 6.34. The van der Waals surface area contributed by atoms with Crippen molar-refractivity contribution in [1.29, 1.82) is 0 Å². The first-order valence-electron chi connectivity index (χ1n) is 7.46. The van der Waals surface area contributed by atoms with Gasteiger partial charge in [-0.2, -0.15) is 4.80 Å². The Labute approximate surface area is 148 Å². The van der Waals surface area contributed by atoms with E-state index in [0.717, 1.165) is 15.6 Å². The molecule has 3 rings (SSSR count). The van der Waals surface area contributed by atoms with Gasteiger partial charge in [-0.15, -0.1) is 10.2 Å². The van der Waals surface area contributed by atoms with Crippen LogP contribution in [0.1, 0.15) is 18.5 Å². The first kappa shape index (κ1) is 16.3. The maximum absolute atomic E-state index is 12.4. The van der Waals surface area contributed by atoms with E-state index in [2.05, 4.69) is 36.7 Å². The summed E-state index contributed by atoms with van der Waals surface area (Å²) in [5.74, 6) is 0.308. The van der Waals surface area contributed by atoms with Gasteiger partial charge in [-0.25, -0.2) is 0 Å². The van der Waals surface area contributed by atoms with Crippen LogP contribution in [0.3, 0.4) is 0 Å². The Hall–Kier alpha value is -2.54. The molecule has 1 amide bonds. The molecule has 7 heteroatoms. The summed E-state index contributed by atoms with van der Waals surface area (Å²) >= 11 is 3.36. The van der Waals surface area contributed by atoms with Crippen LogP contribution in [0, 0.1) is 6.92 Å². The Morgan fingerprint density at radius 2 is 1.88 bits per heavy atom. The van der Waals surface area contributed by atoms with E-state index in [1.165, 1.54) is 4.80 Å². The summed E-state index contributed by atoms with van der Waals surface area (Å²) in [5.41, 5.74) is 2.68. The highest BCUT2D eigenvalue weighted by Crippen LogP contribution is 2.19. The fourth-order valence-electron chi connectivity index (χ4n) is 2.21. The zero-order valence-electron chi connectivity index (χ0n) is 13.3. The number of aromatic nitrogens is 4. The van der Waals surface area contributed by atoms with E-state index in [-0.39, 0.29) is 5.91 Å². The molecule has 0 saturated carbocycles. The first-order chi connectivity index (χ1) is 11.5. The average Bonchev–Trinajstić information content (AvgIpc) is 3.06. The lowest BCUT2D eigenvalue weighted by atomic mass is 10.1. The van der Waals surface area contributed by atoms with E-state index in [1.807, 2.05) is 55.5 Å². The smallest absolute Gasteiger partial charge is 0.250 e. The number of tetrazole rings is 1. The third-order valence-corrected chi connectivity index (χ3v) is 4.18. The molecule has 3 aromatic rings. The number of rotatable bonds is 4. The Morgan fingerprint density at radius 3 is 2.58 bits per heavy atom. The topological polar surface area (TPSA) is 72.7 Å². The molecule has 0 spiro atoms. The Balaban J connectivity index is 1.75. The summed E-state index contributed by atoms with van der Waals surface area (Å²) in [6.07, 6.45) is 0. The van der Waals surface area contributed by atoms with Gasteiger partial charge in [0.05, 0.1) is 0 Å². The van der Waals surface area contributed by atoms with Crippen molar-refractivity contribution in [3.8, 4) is 11.4 Å². The molecule has 1 heterocycles. The van der Waals surface area contributed by atoms with E-state index in [0.29, 0.717) is 11.5 Å². The van der Waals surface area contributed by atoms with Crippen molar-refractivity contribution < 1.29 is 4.79 Å². The van der Waals surface area contributed by atoms with Crippen molar-refractivity contribution in [2.24, 2.45) is 0 Å². The van der Waals surface area contributed by atoms with E-state index in [1.54, 1.807) is 6.92 Å². The van der Waals surface area contributed by atoms with Crippen molar-refractivity contribution in [3.05, 3.63) is 58.6 Å². The fraction of sp³-hybridized carbons (Fsp3) is 0.176. The number of nitrogens with zero attached hydrogens (tertiary/aromatic N) is 4. The van der Waals surface area contributed by atoms with Crippen LogP contribution in [0.2, 0.25) is 0 Å². The quantitative estimate of drug-likeness (QED) is 0.744. The number of amides is 1. The van der Waals surface area contributed by atoms with Crippen LogP contribution in [0.5, 0.6) is 0 Å². The van der Waals surface area contributed by atoms with Crippen LogP contribution in [0.25, 0.3) is 11.4 Å². The summed E-state index contributed by atoms with van der Waals surface area (Å²) in [7, 11) is 0. The molecule has 0 aliphatic rings. The van der Waals surface area contributed by atoms with Gasteiger partial charge < -0.3 is 5.32 Å². The number of anilines is 1. The van der Waals surface area contributed by atoms with Gasteiger partial charge >= 0.3 is 0 Å². The van der Waals surface area contributed by atoms with E-state index in [4.69, 9.17) is 0 Å². The van der Waals surface area contributed by atoms with Crippen LogP contribution in [0.4, 0.5) is 5.69 Å². The molecule has 2 aromatic carbocycles. The maximum atomic E-state index is 12.4. The predicted octanol–water partition coefficient (Wildman–Crippen LogP) is 3.61. The monoisotopic (exact) mass is 385 g/mol. The van der Waals surface area contributed by atoms with Crippen molar-refractivity contribution in [3.63, 3.8) is 0 Å². The van der Waals surface area contributed by atoms with Gasteiger partial charge in [0.2, 0.25) is 5.82 Å². The van der Waals surface area contributed by atoms with Gasteiger partial charge in [0.1, 0.15) is 6.04 Å². The van der Waals surface area contributed by atoms with Gasteiger partial charge in [-0.3, -0.25) is 4.79 Å². The molecule has 0 aliphatic carbocycles. The SMILES string of the molecule is Cc1ccccc1-c1nnn([C@@H](C)C(=O)Nc2ccc(Br)cc2)n1. The third-order valence-electron chi connectivity index (χ3n) is 3.65. The highest BCUT2D eigenvalue weighted by molar-refractivity contribution is 9.10. The van der Waals surface area contributed by atoms with Gasteiger partial charge in [0.15, 0.2) is 0 Å². The molecule has 0 unspecified atom stereocenters. The summed E-state index contributed by atoms with van der Waals surface area (Å²) in [6, 6.07) is 14.6. The molecule has 0 saturated heterocycles. The normalized spacial score (nSPS) is 12.0. The highest BCUT2D eigenvalue weighted by Gasteiger charge is 2.19. The molecule has 6 nitrogen and oxygen atoms in total. The van der Waals surface area contributed by atoms with Crippen molar-refractivity contribution in [1.82, 2.24) is 20.2 Å². The lowest BCUT2D eigenvalue weighted by Crippen LogP contribution is -2.25. The number of benzene rings is 2. The number of hydrogen-bond donors (Lipinski definition) is 1. The van der Waals surface area contributed by atoms with Gasteiger partial charge in [-0.1, -0.05) is 40.2 Å². The molecule has 1 aromatic heterocycles. The highest BCUT2D eigenvalue weighted by atomic mass is 79.9. The molecule has 0 radical (unpaired) electrons. The van der Waals surface area contributed by atoms with Gasteiger partial charge in [0, 0.05) is 15.7 Å². The number of nitrogens with one attached hydrogen (secondary N) is 1. The molecule has 1 atom stereocenters. The molecule has 0 aliphatic heterocycles. The molecule has 1 N–H and O–H groups in total. The zero-order chi connectivity index (χ0) is 17.1. The van der Waals surface area contributed by atoms with Crippen molar-refractivity contribution in [2.45, 2.75) is 19.9 Å². The summed E-state index contributed by atoms with van der Waals surface area (Å²) in [5, 5.41) is 15.3. The zero-order valence-corrected chi connectivity index (χ0v) is 14.9. The van der Waals surface area contributed by atoms with Gasteiger partial charge in [-0.05, 0) is 48.9 Å². The molecular weight excluding hydrogens is 370 g/mol. The van der Waals surface area contributed by atoms with Crippen molar-refractivity contribution >= 4 is 27.5 Å². The van der Waals surface area contributed by atoms with Crippen LogP contribution < -0.4 is 5.32 Å². The Morgan fingerprint density at radius 1 is 1.17 bits per heavy atom. The first-order valence-corrected chi connectivity index (χ1v) is 8.26. The number of hydrogen-bond acceptors (Lipinski definition) is 4. The summed E-state index contributed by atoms with van der Waals surface area (Å²) in [4.78, 5) is 13.7. The Kier molecular flexibility index (Phi) is 4.71. The largest absolute Gasteiger partial charge is 0.324 e. The van der Waals surface area contributed by atoms with E-state index in [9.17, 15) is 4.79 Å². The number of halogens is 1. The third kappa shape index (κ3) is 3.51. The predicted molar refractivity (Wildman–Crippen MR) is 95.5 cm³/mol. The van der Waals surface area contributed by atoms with Crippen LogP contribution in [0.15, 0.2) is 53.0 Å². The lowest BCUT2D eigenvalue weighted by Gasteiger charge is -2.10. The number of carbonyl (C=O) groups excluding carboxylic acids is 1. The standard InChI is InChI=1S/C17H16BrN5O/c1-11-5-3-4-6-15(11)16-20-22-23(21-16)12(2)17(24)19-14-9-7-13(18)8-10-14/h3-10,12H,1-2H3,(H,19,24)/t12-/m0/s1. The summed E-state index contributed by atoms with van der Waals surface area (Å²) < 4.78 is 0.953. The second-order valence-electron chi connectivity index (χ2n) is 5.42. The van der Waals surface area contributed by atoms with E-state index >= 15 is 0 Å². The van der Waals surface area contributed by atoms with Crippen LogP contribution in [-0.2, 0) is 4.79 Å². The summed E-state index contributed by atoms with van der Waals surface area (Å²) in [6.45, 7) is 3.72. The van der Waals surface area contributed by atoms with Crippen LogP contribution in [-0.4, -0.2) is 26.1 Å². The second kappa shape index (κ2) is 6.92. The average molecular weight is 386 g/mol. The number of aryl methyl sites for hydroxylation is 1. The van der Waals surface area contributed by atoms with Gasteiger partial charge in [0.25, 0.3) is 5.91 Å². The minimum absolute atomic E-state index is 0.203. The van der Waals surface area contributed by atoms with Crippen molar-refractivity contribution in [2.75, 3.05) is 5.32 Å². The molecular formula is C17H16BrN5O.